The van der Waals surface area contributed by atoms with Crippen LogP contribution in [-0.2, 0) is 11.3 Å². The minimum absolute atomic E-state index is 0.0195. The van der Waals surface area contributed by atoms with Crippen molar-refractivity contribution in [2.75, 3.05) is 47.4 Å². The monoisotopic (exact) mass is 403 g/mol. The summed E-state index contributed by atoms with van der Waals surface area (Å²) in [6.45, 7) is 6.00. The molecule has 0 radical (unpaired) electrons. The van der Waals surface area contributed by atoms with Crippen LogP contribution in [-0.4, -0.2) is 75.1 Å². The van der Waals surface area contributed by atoms with E-state index in [1.807, 2.05) is 24.3 Å². The number of likely N-dealkylation sites (tertiary alicyclic amines) is 1. The van der Waals surface area contributed by atoms with E-state index in [1.54, 1.807) is 26.1 Å². The van der Waals surface area contributed by atoms with Gasteiger partial charge in [0.05, 0.1) is 20.2 Å². The Bertz CT molecular complexity index is 645. The number of aliphatic imine (C=N–C) groups is 1. The van der Waals surface area contributed by atoms with Crippen molar-refractivity contribution < 1.29 is 9.53 Å². The zero-order valence-electron chi connectivity index (χ0n) is 18.4. The average molecular weight is 404 g/mol. The molecule has 0 spiro atoms. The van der Waals surface area contributed by atoms with Gasteiger partial charge < -0.3 is 20.3 Å². The summed E-state index contributed by atoms with van der Waals surface area (Å²) in [7, 11) is 5.17. The fourth-order valence-electron chi connectivity index (χ4n) is 3.53. The molecule has 0 saturated carbocycles. The third kappa shape index (κ3) is 7.93. The van der Waals surface area contributed by atoms with Gasteiger partial charge in [-0.3, -0.25) is 9.69 Å². The first-order valence-electron chi connectivity index (χ1n) is 10.6. The number of nitrogens with one attached hydrogen (secondary N) is 2. The maximum Gasteiger partial charge on any atom is 0.241 e. The van der Waals surface area contributed by atoms with E-state index in [-0.39, 0.29) is 12.5 Å². The Labute approximate surface area is 175 Å². The molecule has 7 heteroatoms. The zero-order chi connectivity index (χ0) is 21.1. The van der Waals surface area contributed by atoms with Gasteiger partial charge in [0.1, 0.15) is 5.75 Å². The van der Waals surface area contributed by atoms with E-state index in [4.69, 9.17) is 4.74 Å². The molecule has 162 valence electrons. The summed E-state index contributed by atoms with van der Waals surface area (Å²) in [6, 6.07) is 8.56. The van der Waals surface area contributed by atoms with Crippen LogP contribution < -0.4 is 15.4 Å². The SMILES string of the molecule is CCC1CCCCN1CCNC(=NCc1ccc(OC)cc1)NCC(=O)N(C)C. The number of rotatable bonds is 9. The molecule has 7 nitrogen and oxygen atoms in total. The van der Waals surface area contributed by atoms with E-state index in [0.717, 1.165) is 24.4 Å². The van der Waals surface area contributed by atoms with Crippen molar-refractivity contribution in [1.29, 1.82) is 0 Å². The summed E-state index contributed by atoms with van der Waals surface area (Å²) in [5, 5.41) is 6.56. The normalized spacial score (nSPS) is 17.7. The van der Waals surface area contributed by atoms with E-state index in [1.165, 1.54) is 32.2 Å². The average Bonchev–Trinajstić information content (AvgIpc) is 2.75. The molecule has 2 N–H and O–H groups in total. The minimum Gasteiger partial charge on any atom is -0.497 e. The second kappa shape index (κ2) is 12.3. The van der Waals surface area contributed by atoms with Gasteiger partial charge in [0.2, 0.25) is 5.91 Å². The number of hydrogen-bond donors (Lipinski definition) is 2. The van der Waals surface area contributed by atoms with Crippen LogP contribution in [0.1, 0.15) is 38.2 Å². The summed E-state index contributed by atoms with van der Waals surface area (Å²) in [4.78, 5) is 20.8. The standard InChI is InChI=1S/C22H37N5O2/c1-5-19-8-6-7-14-27(19)15-13-23-22(25-17-21(28)26(2)3)24-16-18-9-11-20(29-4)12-10-18/h9-12,19H,5-8,13-17H2,1-4H3,(H2,23,24,25). The first-order chi connectivity index (χ1) is 14.0. The Balaban J connectivity index is 1.92. The molecular formula is C22H37N5O2. The van der Waals surface area contributed by atoms with Gasteiger partial charge in [0, 0.05) is 33.2 Å². The molecule has 1 saturated heterocycles. The summed E-state index contributed by atoms with van der Waals surface area (Å²) < 4.78 is 5.20. The van der Waals surface area contributed by atoms with Crippen molar-refractivity contribution in [3.63, 3.8) is 0 Å². The summed E-state index contributed by atoms with van der Waals surface area (Å²) in [5.41, 5.74) is 1.09. The van der Waals surface area contributed by atoms with Crippen molar-refractivity contribution in [2.24, 2.45) is 4.99 Å². The molecule has 0 aliphatic carbocycles. The maximum atomic E-state index is 12.0. The lowest BCUT2D eigenvalue weighted by Crippen LogP contribution is -2.47. The van der Waals surface area contributed by atoms with Crippen LogP contribution >= 0.6 is 0 Å². The molecule has 2 rings (SSSR count). The number of benzene rings is 1. The van der Waals surface area contributed by atoms with Gasteiger partial charge >= 0.3 is 0 Å². The van der Waals surface area contributed by atoms with E-state index in [0.29, 0.717) is 18.5 Å². The van der Waals surface area contributed by atoms with Crippen molar-refractivity contribution >= 4 is 11.9 Å². The first-order valence-corrected chi connectivity index (χ1v) is 10.6. The molecule has 0 aromatic heterocycles. The lowest BCUT2D eigenvalue weighted by molar-refractivity contribution is -0.127. The Kier molecular flexibility index (Phi) is 9.77. The Morgan fingerprint density at radius 1 is 1.24 bits per heavy atom. The van der Waals surface area contributed by atoms with Gasteiger partial charge in [-0.15, -0.1) is 0 Å². The van der Waals surface area contributed by atoms with Crippen LogP contribution in [0, 0.1) is 0 Å². The Hall–Kier alpha value is -2.28. The quantitative estimate of drug-likeness (QED) is 0.488. The number of carbonyl (C=O) groups is 1. The molecule has 29 heavy (non-hydrogen) atoms. The fraction of sp³-hybridized carbons (Fsp3) is 0.636. The number of likely N-dealkylation sites (N-methyl/N-ethyl adjacent to an activating group) is 1. The zero-order valence-corrected chi connectivity index (χ0v) is 18.4. The second-order valence-electron chi connectivity index (χ2n) is 7.68. The van der Waals surface area contributed by atoms with Crippen molar-refractivity contribution in [3.8, 4) is 5.75 Å². The van der Waals surface area contributed by atoms with Crippen molar-refractivity contribution in [1.82, 2.24) is 20.4 Å². The molecule has 1 amide bonds. The third-order valence-electron chi connectivity index (χ3n) is 5.40. The van der Waals surface area contributed by atoms with E-state index < -0.39 is 0 Å². The van der Waals surface area contributed by atoms with Gasteiger partial charge in [-0.05, 0) is 43.5 Å². The number of guanidine groups is 1. The highest BCUT2D eigenvalue weighted by atomic mass is 16.5. The third-order valence-corrected chi connectivity index (χ3v) is 5.40. The molecule has 1 aliphatic heterocycles. The molecule has 1 aromatic rings. The van der Waals surface area contributed by atoms with Crippen molar-refractivity contribution in [3.05, 3.63) is 29.8 Å². The smallest absolute Gasteiger partial charge is 0.241 e. The Morgan fingerprint density at radius 3 is 2.66 bits per heavy atom. The van der Waals surface area contributed by atoms with Crippen LogP contribution in [0.25, 0.3) is 0 Å². The van der Waals surface area contributed by atoms with E-state index in [2.05, 4.69) is 27.4 Å². The molecular weight excluding hydrogens is 366 g/mol. The molecule has 1 fully saturated rings. The highest BCUT2D eigenvalue weighted by molar-refractivity contribution is 5.86. The number of methoxy groups -OCH3 is 1. The first kappa shape index (κ1) is 23.0. The van der Waals surface area contributed by atoms with Crippen LogP contribution in [0.3, 0.4) is 0 Å². The highest BCUT2D eigenvalue weighted by Crippen LogP contribution is 2.18. The fourth-order valence-corrected chi connectivity index (χ4v) is 3.53. The highest BCUT2D eigenvalue weighted by Gasteiger charge is 2.20. The van der Waals surface area contributed by atoms with Gasteiger partial charge in [-0.2, -0.15) is 0 Å². The van der Waals surface area contributed by atoms with Crippen LogP contribution in [0.15, 0.2) is 29.3 Å². The lowest BCUT2D eigenvalue weighted by atomic mass is 10.0. The largest absolute Gasteiger partial charge is 0.497 e. The van der Waals surface area contributed by atoms with Gasteiger partial charge in [0.15, 0.2) is 5.96 Å². The van der Waals surface area contributed by atoms with Crippen LogP contribution in [0.4, 0.5) is 0 Å². The van der Waals surface area contributed by atoms with E-state index >= 15 is 0 Å². The number of nitrogens with zero attached hydrogens (tertiary/aromatic N) is 3. The molecule has 1 atom stereocenters. The maximum absolute atomic E-state index is 12.0. The molecule has 1 aromatic carbocycles. The van der Waals surface area contributed by atoms with E-state index in [9.17, 15) is 4.79 Å². The number of amides is 1. The van der Waals surface area contributed by atoms with Crippen LogP contribution in [0.5, 0.6) is 5.75 Å². The van der Waals surface area contributed by atoms with Gasteiger partial charge in [-0.1, -0.05) is 25.5 Å². The molecule has 1 heterocycles. The predicted molar refractivity (Wildman–Crippen MR) is 118 cm³/mol. The topological polar surface area (TPSA) is 69.2 Å². The van der Waals surface area contributed by atoms with Crippen molar-refractivity contribution in [2.45, 2.75) is 45.2 Å². The molecule has 1 unspecified atom stereocenters. The summed E-state index contributed by atoms with van der Waals surface area (Å²) in [5.74, 6) is 1.52. The molecule has 0 bridgehead atoms. The van der Waals surface area contributed by atoms with Gasteiger partial charge in [0.25, 0.3) is 0 Å². The Morgan fingerprint density at radius 2 is 2.00 bits per heavy atom. The predicted octanol–water partition coefficient (Wildman–Crippen LogP) is 2.08. The second-order valence-corrected chi connectivity index (χ2v) is 7.68. The summed E-state index contributed by atoms with van der Waals surface area (Å²) in [6.07, 6.45) is 5.12. The lowest BCUT2D eigenvalue weighted by Gasteiger charge is -2.35. The van der Waals surface area contributed by atoms with Gasteiger partial charge in [-0.25, -0.2) is 4.99 Å². The summed E-state index contributed by atoms with van der Waals surface area (Å²) >= 11 is 0. The molecule has 1 aliphatic rings. The minimum atomic E-state index is 0.0195. The number of piperidine rings is 1. The number of ether oxygens (including phenoxy) is 1. The number of hydrogen-bond acceptors (Lipinski definition) is 4. The number of carbonyl (C=O) groups excluding carboxylic acids is 1. The van der Waals surface area contributed by atoms with Crippen LogP contribution in [0.2, 0.25) is 0 Å².